The number of rotatable bonds is 6. The molecule has 208 valence electrons. The van der Waals surface area contributed by atoms with Gasteiger partial charge in [0.2, 0.25) is 0 Å². The van der Waals surface area contributed by atoms with Crippen LogP contribution in [0.3, 0.4) is 0 Å². The van der Waals surface area contributed by atoms with Gasteiger partial charge in [0.1, 0.15) is 11.5 Å². The smallest absolute Gasteiger partial charge is 0.254 e. The predicted molar refractivity (Wildman–Crippen MR) is 156 cm³/mol. The van der Waals surface area contributed by atoms with E-state index in [-0.39, 0.29) is 24.3 Å². The Labute approximate surface area is 243 Å². The summed E-state index contributed by atoms with van der Waals surface area (Å²) in [5.74, 6) is 0.269. The van der Waals surface area contributed by atoms with Crippen LogP contribution < -0.4 is 10.6 Å². The zero-order valence-corrected chi connectivity index (χ0v) is 22.6. The molecule has 3 aromatic rings. The van der Waals surface area contributed by atoms with Crippen LogP contribution in [-0.2, 0) is 31.2 Å². The van der Waals surface area contributed by atoms with E-state index in [2.05, 4.69) is 20.2 Å². The highest BCUT2D eigenvalue weighted by Gasteiger charge is 2.32. The third-order valence-electron chi connectivity index (χ3n) is 8.91. The van der Waals surface area contributed by atoms with Gasteiger partial charge < -0.3 is 24.8 Å². The molecule has 7 rings (SSSR count). The van der Waals surface area contributed by atoms with Gasteiger partial charge in [-0.3, -0.25) is 9.78 Å². The Bertz CT molecular complexity index is 1760. The zero-order chi connectivity index (χ0) is 32.4. The fourth-order valence-electron chi connectivity index (χ4n) is 7.04. The van der Waals surface area contributed by atoms with Gasteiger partial charge in [0.05, 0.1) is 23.1 Å². The molecule has 4 aliphatic rings. The predicted octanol–water partition coefficient (Wildman–Crippen LogP) is 4.07. The van der Waals surface area contributed by atoms with Gasteiger partial charge in [0.15, 0.2) is 0 Å². The number of allylic oxidation sites excluding steroid dienone is 1. The van der Waals surface area contributed by atoms with E-state index in [1.807, 2.05) is 19.2 Å². The van der Waals surface area contributed by atoms with Crippen LogP contribution in [-0.4, -0.2) is 64.8 Å². The second-order valence-corrected chi connectivity index (χ2v) is 11.1. The van der Waals surface area contributed by atoms with Gasteiger partial charge in [-0.15, -0.1) is 0 Å². The number of aromatic nitrogens is 3. The topological polar surface area (TPSA) is 96.7 Å². The molecule has 0 radical (unpaired) electrons. The van der Waals surface area contributed by atoms with Crippen molar-refractivity contribution in [1.82, 2.24) is 24.8 Å². The summed E-state index contributed by atoms with van der Waals surface area (Å²) in [6, 6.07) is 1.97. The number of ether oxygens (including phenoxy) is 1. The second-order valence-electron chi connectivity index (χ2n) is 11.1. The molecule has 2 N–H and O–H groups in total. The molecule has 1 saturated heterocycles. The summed E-state index contributed by atoms with van der Waals surface area (Å²) in [4.78, 5) is 28.2. The largest absolute Gasteiger partial charge is 0.381 e. The molecule has 40 heavy (non-hydrogen) atoms. The van der Waals surface area contributed by atoms with Gasteiger partial charge in [-0.05, 0) is 76.1 Å². The summed E-state index contributed by atoms with van der Waals surface area (Å²) >= 11 is 0. The van der Waals surface area contributed by atoms with E-state index in [9.17, 15) is 4.79 Å². The average molecular weight is 546 g/mol. The Balaban J connectivity index is 1.25. The Morgan fingerprint density at radius 2 is 2.10 bits per heavy atom. The van der Waals surface area contributed by atoms with Gasteiger partial charge in [-0.2, -0.15) is 0 Å². The molecule has 3 aliphatic heterocycles. The van der Waals surface area contributed by atoms with E-state index in [0.717, 1.165) is 60.0 Å². The summed E-state index contributed by atoms with van der Waals surface area (Å²) in [5, 5.41) is 7.33. The number of nitrogens with zero attached hydrogens (tertiary/aromatic N) is 5. The normalized spacial score (nSPS) is 23.8. The first-order valence-corrected chi connectivity index (χ1v) is 14.1. The van der Waals surface area contributed by atoms with Gasteiger partial charge in [0.25, 0.3) is 5.91 Å². The van der Waals surface area contributed by atoms with Crippen LogP contribution in [0.1, 0.15) is 61.1 Å². The molecular formula is C31H37N7O2. The van der Waals surface area contributed by atoms with Crippen molar-refractivity contribution in [1.29, 1.82) is 0 Å². The molecule has 1 aliphatic carbocycles. The van der Waals surface area contributed by atoms with Crippen molar-refractivity contribution >= 4 is 28.3 Å². The highest BCUT2D eigenvalue weighted by molar-refractivity contribution is 6.07. The van der Waals surface area contributed by atoms with Crippen molar-refractivity contribution in [2.24, 2.45) is 23.9 Å². The maximum atomic E-state index is 13.3. The third-order valence-corrected chi connectivity index (χ3v) is 8.91. The lowest BCUT2D eigenvalue weighted by atomic mass is 9.79. The lowest BCUT2D eigenvalue weighted by molar-refractivity contribution is 0.0560. The van der Waals surface area contributed by atoms with Gasteiger partial charge in [-0.25, -0.2) is 9.98 Å². The molecule has 1 fully saturated rings. The number of fused-ring (bicyclic) bond motifs is 4. The van der Waals surface area contributed by atoms with Gasteiger partial charge >= 0.3 is 0 Å². The lowest BCUT2D eigenvalue weighted by Gasteiger charge is -2.34. The first kappa shape index (κ1) is 19.5. The van der Waals surface area contributed by atoms with Crippen molar-refractivity contribution in [3.8, 4) is 11.3 Å². The van der Waals surface area contributed by atoms with Crippen LogP contribution in [0.4, 0.5) is 5.69 Å². The number of hydrogen-bond donors (Lipinski definition) is 2. The van der Waals surface area contributed by atoms with E-state index >= 15 is 0 Å². The molecule has 6 heterocycles. The van der Waals surface area contributed by atoms with E-state index in [4.69, 9.17) is 22.9 Å². The third kappa shape index (κ3) is 4.23. The first-order chi connectivity index (χ1) is 21.9. The van der Waals surface area contributed by atoms with E-state index in [1.54, 1.807) is 12.4 Å². The summed E-state index contributed by atoms with van der Waals surface area (Å²) in [6.07, 6.45) is 10.6. The molecule has 9 nitrogen and oxygen atoms in total. The molecule has 0 saturated carbocycles. The summed E-state index contributed by atoms with van der Waals surface area (Å²) in [7, 11) is 2.05. The fraction of sp³-hybridized carbons (Fsp3) is 0.484. The van der Waals surface area contributed by atoms with Crippen molar-refractivity contribution in [2.45, 2.75) is 45.1 Å². The molecular weight excluding hydrogens is 502 g/mol. The number of amides is 1. The number of carbonyl (C=O) groups is 1. The monoisotopic (exact) mass is 545 g/mol. The van der Waals surface area contributed by atoms with Crippen molar-refractivity contribution < 1.29 is 17.8 Å². The molecule has 9 heteroatoms. The number of carbonyl (C=O) groups excluding carboxylic acids is 1. The molecule has 0 aromatic carbocycles. The second kappa shape index (κ2) is 10.1. The van der Waals surface area contributed by atoms with Crippen molar-refractivity contribution in [3.63, 3.8) is 0 Å². The van der Waals surface area contributed by atoms with Crippen LogP contribution >= 0.6 is 0 Å². The first-order valence-electron chi connectivity index (χ1n) is 17.1. The molecule has 1 unspecified atom stereocenters. The van der Waals surface area contributed by atoms with E-state index < -0.39 is 14.0 Å². The highest BCUT2D eigenvalue weighted by Crippen LogP contribution is 2.40. The van der Waals surface area contributed by atoms with Gasteiger partial charge in [-0.1, -0.05) is 0 Å². The Morgan fingerprint density at radius 1 is 1.23 bits per heavy atom. The van der Waals surface area contributed by atoms with Crippen LogP contribution in [0.2, 0.25) is 0 Å². The maximum Gasteiger partial charge on any atom is 0.254 e. The average Bonchev–Trinajstić information content (AvgIpc) is 3.72. The molecule has 0 spiro atoms. The van der Waals surface area contributed by atoms with Crippen LogP contribution in [0, 0.1) is 11.8 Å². The number of pyridine rings is 2. The standard InChI is InChI=1S/C31H37N7O2/c1-37(2)17-24-19(18-10-13-40-14-11-18)7-8-26(36-24)35-23-16-33-29(22-15-34-31(39)28(22)23)21-9-12-32-30-27(21)20-5-4-6-25(20)38(30)3/h8-9,12,16,18-19,35H,4-7,10-11,13-15,17H2,1-3H3,(H,34,39)/i1D3,2D3. The minimum Gasteiger partial charge on any atom is -0.381 e. The maximum absolute atomic E-state index is 13.3. The summed E-state index contributed by atoms with van der Waals surface area (Å²) in [6.45, 7) is -4.47. The number of nitrogens with one attached hydrogen (secondary N) is 2. The van der Waals surface area contributed by atoms with Crippen LogP contribution in [0.25, 0.3) is 22.3 Å². The van der Waals surface area contributed by atoms with Gasteiger partial charge in [0, 0.05) is 81.6 Å². The van der Waals surface area contributed by atoms with Crippen LogP contribution in [0.5, 0.6) is 0 Å². The van der Waals surface area contributed by atoms with Crippen molar-refractivity contribution in [3.05, 3.63) is 52.7 Å². The Hall–Kier alpha value is -3.56. The minimum absolute atomic E-state index is 0.127. The quantitative estimate of drug-likeness (QED) is 0.485. The molecule has 1 atom stereocenters. The highest BCUT2D eigenvalue weighted by atomic mass is 16.5. The number of aryl methyl sites for hydroxylation is 2. The zero-order valence-electron chi connectivity index (χ0n) is 28.6. The number of hydrogen-bond acceptors (Lipinski definition) is 7. The number of aliphatic imine (C=N–C) groups is 1. The molecule has 1 amide bonds. The Kier molecular flexibility index (Phi) is 4.94. The SMILES string of the molecule is [2H]C([2H])([2H])N(CC1=NC(Nc2cnc(-c3ccnc4c3c3c(n4C)CCC3)c3c2C(=O)NC3)=CCC1C1CCOCC1)C([2H])([2H])[2H]. The number of anilines is 1. The summed E-state index contributed by atoms with van der Waals surface area (Å²) in [5.41, 5.74) is 7.44. The molecule has 3 aromatic heterocycles. The molecule has 0 bridgehead atoms. The van der Waals surface area contributed by atoms with Crippen molar-refractivity contribution in [2.75, 3.05) is 39.0 Å². The lowest BCUT2D eigenvalue weighted by Crippen LogP contribution is -2.36. The Morgan fingerprint density at radius 3 is 2.95 bits per heavy atom. The van der Waals surface area contributed by atoms with Crippen LogP contribution in [0.15, 0.2) is 35.3 Å². The fourth-order valence-corrected chi connectivity index (χ4v) is 7.04. The minimum atomic E-state index is -2.83. The van der Waals surface area contributed by atoms with E-state index in [1.165, 1.54) is 11.3 Å². The van der Waals surface area contributed by atoms with E-state index in [0.29, 0.717) is 53.9 Å². The summed E-state index contributed by atoms with van der Waals surface area (Å²) < 4.78 is 55.3.